The van der Waals surface area contributed by atoms with E-state index in [4.69, 9.17) is 11.1 Å². The number of nitrogens with zero attached hydrogens (tertiary/aromatic N) is 1. The minimum atomic E-state index is -0.559. The van der Waals surface area contributed by atoms with E-state index in [1.165, 1.54) is 18.2 Å². The van der Waals surface area contributed by atoms with Crippen LogP contribution in [0.3, 0.4) is 0 Å². The van der Waals surface area contributed by atoms with E-state index in [0.29, 0.717) is 0 Å². The largest absolute Gasteiger partial charge is 0.398 e. The van der Waals surface area contributed by atoms with Crippen LogP contribution in [0.2, 0.25) is 0 Å². The number of nitrogen functional groups attached to an aromatic ring is 1. The summed E-state index contributed by atoms with van der Waals surface area (Å²) in [4.78, 5) is 9.82. The van der Waals surface area contributed by atoms with E-state index in [1.54, 1.807) is 0 Å². The van der Waals surface area contributed by atoms with Crippen molar-refractivity contribution >= 4 is 17.6 Å². The van der Waals surface area contributed by atoms with Crippen LogP contribution in [0, 0.1) is 15.5 Å². The fraction of sp³-hybridized carbons (Fsp3) is 0. The van der Waals surface area contributed by atoms with Crippen LogP contribution in [0.15, 0.2) is 18.2 Å². The molecule has 1 rings (SSSR count). The van der Waals surface area contributed by atoms with Gasteiger partial charge in [0.05, 0.1) is 10.5 Å². The minimum Gasteiger partial charge on any atom is -0.398 e. The summed E-state index contributed by atoms with van der Waals surface area (Å²) in [7, 11) is 0. The van der Waals surface area contributed by atoms with Gasteiger partial charge in [-0.3, -0.25) is 10.1 Å². The predicted octanol–water partition coefficient (Wildman–Crippen LogP) is 1.17. The van der Waals surface area contributed by atoms with Gasteiger partial charge >= 0.3 is 0 Å². The first-order valence-electron chi connectivity index (χ1n) is 3.20. The van der Waals surface area contributed by atoms with Gasteiger partial charge in [0, 0.05) is 18.0 Å². The lowest BCUT2D eigenvalue weighted by atomic mass is 10.1. The second-order valence-electron chi connectivity index (χ2n) is 2.18. The van der Waals surface area contributed by atoms with Crippen molar-refractivity contribution < 1.29 is 4.92 Å². The average Bonchev–Trinajstić information content (AvgIpc) is 2.03. The third kappa shape index (κ3) is 1.24. The van der Waals surface area contributed by atoms with E-state index in [2.05, 4.69) is 0 Å². The number of hydrogen-bond donors (Lipinski definition) is 2. The smallest absolute Gasteiger partial charge is 0.280 e. The molecule has 5 nitrogen and oxygen atoms in total. The predicted molar refractivity (Wildman–Crippen MR) is 45.4 cm³/mol. The Kier molecular flexibility index (Phi) is 2.05. The lowest BCUT2D eigenvalue weighted by molar-refractivity contribution is -0.384. The van der Waals surface area contributed by atoms with Gasteiger partial charge in [-0.1, -0.05) is 6.07 Å². The average molecular weight is 165 g/mol. The molecule has 1 aromatic carbocycles. The Morgan fingerprint density at radius 1 is 1.58 bits per heavy atom. The normalized spacial score (nSPS) is 9.33. The summed E-state index contributed by atoms with van der Waals surface area (Å²) in [5.74, 6) is 0. The molecule has 12 heavy (non-hydrogen) atoms. The van der Waals surface area contributed by atoms with Gasteiger partial charge in [-0.15, -0.1) is 0 Å². The fourth-order valence-corrected chi connectivity index (χ4v) is 0.887. The van der Waals surface area contributed by atoms with Crippen LogP contribution >= 0.6 is 0 Å². The molecule has 0 saturated heterocycles. The van der Waals surface area contributed by atoms with Crippen molar-refractivity contribution in [2.75, 3.05) is 5.73 Å². The molecule has 0 fully saturated rings. The summed E-state index contributed by atoms with van der Waals surface area (Å²) in [5.41, 5.74) is 5.68. The van der Waals surface area contributed by atoms with Crippen molar-refractivity contribution in [1.82, 2.24) is 0 Å². The molecule has 1 aromatic rings. The van der Waals surface area contributed by atoms with Crippen LogP contribution < -0.4 is 5.73 Å². The van der Waals surface area contributed by atoms with Crippen molar-refractivity contribution in [3.63, 3.8) is 0 Å². The second kappa shape index (κ2) is 3.00. The zero-order valence-electron chi connectivity index (χ0n) is 6.15. The topological polar surface area (TPSA) is 93.0 Å². The van der Waals surface area contributed by atoms with Crippen LogP contribution in [0.25, 0.3) is 0 Å². The molecule has 0 heterocycles. The molecule has 0 spiro atoms. The number of anilines is 1. The Morgan fingerprint density at radius 2 is 2.25 bits per heavy atom. The zero-order chi connectivity index (χ0) is 9.14. The fourth-order valence-electron chi connectivity index (χ4n) is 0.887. The van der Waals surface area contributed by atoms with Crippen molar-refractivity contribution in [2.45, 2.75) is 0 Å². The summed E-state index contributed by atoms with van der Waals surface area (Å²) >= 11 is 0. The van der Waals surface area contributed by atoms with Gasteiger partial charge in [0.15, 0.2) is 0 Å². The number of benzene rings is 1. The first-order valence-corrected chi connectivity index (χ1v) is 3.20. The van der Waals surface area contributed by atoms with E-state index < -0.39 is 4.92 Å². The molecular weight excluding hydrogens is 158 g/mol. The van der Waals surface area contributed by atoms with Crippen LogP contribution in [0.1, 0.15) is 5.56 Å². The van der Waals surface area contributed by atoms with Crippen LogP contribution in [0.5, 0.6) is 0 Å². The highest BCUT2D eigenvalue weighted by Gasteiger charge is 2.12. The van der Waals surface area contributed by atoms with Gasteiger partial charge in [-0.25, -0.2) is 0 Å². The van der Waals surface area contributed by atoms with Crippen LogP contribution in [0.4, 0.5) is 11.4 Å². The molecule has 62 valence electrons. The molecule has 0 unspecified atom stereocenters. The van der Waals surface area contributed by atoms with Crippen molar-refractivity contribution in [3.05, 3.63) is 33.9 Å². The van der Waals surface area contributed by atoms with Gasteiger partial charge in [0.1, 0.15) is 0 Å². The minimum absolute atomic E-state index is 0.134. The maximum atomic E-state index is 10.4. The molecule has 3 N–H and O–H groups in total. The third-order valence-corrected chi connectivity index (χ3v) is 1.46. The van der Waals surface area contributed by atoms with E-state index >= 15 is 0 Å². The Bertz CT molecular complexity index is 335. The summed E-state index contributed by atoms with van der Waals surface area (Å²) < 4.78 is 0. The Labute approximate surface area is 68.5 Å². The third-order valence-electron chi connectivity index (χ3n) is 1.46. The number of nitro groups is 1. The van der Waals surface area contributed by atoms with E-state index in [9.17, 15) is 10.1 Å². The molecule has 0 amide bonds. The van der Waals surface area contributed by atoms with Crippen molar-refractivity contribution in [3.8, 4) is 0 Å². The monoisotopic (exact) mass is 165 g/mol. The molecular formula is C7H7N3O2. The highest BCUT2D eigenvalue weighted by molar-refractivity contribution is 5.90. The standard InChI is InChI=1S/C7H7N3O2/c8-4-5-6(9)2-1-3-7(5)10(11)12/h1-4,8H,9H2. The van der Waals surface area contributed by atoms with Gasteiger partial charge in [0.2, 0.25) is 0 Å². The number of nitro benzene ring substituents is 1. The molecule has 0 bridgehead atoms. The SMILES string of the molecule is N=Cc1c(N)cccc1[N+](=O)[O-]. The second-order valence-corrected chi connectivity index (χ2v) is 2.18. The Balaban J connectivity index is 3.37. The molecule has 0 aliphatic carbocycles. The van der Waals surface area contributed by atoms with Crippen molar-refractivity contribution in [2.24, 2.45) is 0 Å². The first kappa shape index (κ1) is 8.19. The molecule has 0 aliphatic rings. The maximum Gasteiger partial charge on any atom is 0.280 e. The zero-order valence-corrected chi connectivity index (χ0v) is 6.15. The Hall–Kier alpha value is -1.91. The number of hydrogen-bond acceptors (Lipinski definition) is 4. The van der Waals surface area contributed by atoms with E-state index in [1.807, 2.05) is 0 Å². The highest BCUT2D eigenvalue weighted by Crippen LogP contribution is 2.21. The number of rotatable bonds is 2. The quantitative estimate of drug-likeness (QED) is 0.298. The number of nitrogens with two attached hydrogens (primary N) is 1. The van der Waals surface area contributed by atoms with Gasteiger partial charge in [-0.05, 0) is 6.07 Å². The van der Waals surface area contributed by atoms with Gasteiger partial charge in [0.25, 0.3) is 5.69 Å². The lowest BCUT2D eigenvalue weighted by Gasteiger charge is -1.98. The van der Waals surface area contributed by atoms with Crippen molar-refractivity contribution in [1.29, 1.82) is 5.41 Å². The lowest BCUT2D eigenvalue weighted by Crippen LogP contribution is -1.98. The molecule has 0 aromatic heterocycles. The Morgan fingerprint density at radius 3 is 2.67 bits per heavy atom. The van der Waals surface area contributed by atoms with Crippen LogP contribution in [-0.4, -0.2) is 11.1 Å². The first-order chi connectivity index (χ1) is 5.66. The highest BCUT2D eigenvalue weighted by atomic mass is 16.6. The summed E-state index contributed by atoms with van der Waals surface area (Å²) in [6.07, 6.45) is 0.882. The molecule has 5 heteroatoms. The summed E-state index contributed by atoms with van der Waals surface area (Å²) in [6.45, 7) is 0. The molecule has 0 atom stereocenters. The van der Waals surface area contributed by atoms with Gasteiger partial charge < -0.3 is 11.1 Å². The molecule has 0 saturated carbocycles. The summed E-state index contributed by atoms with van der Waals surface area (Å²) in [5, 5.41) is 17.3. The van der Waals surface area contributed by atoms with E-state index in [0.717, 1.165) is 6.21 Å². The molecule has 0 aliphatic heterocycles. The number of nitrogens with one attached hydrogen (secondary N) is 1. The summed E-state index contributed by atoms with van der Waals surface area (Å²) in [6, 6.07) is 4.32. The maximum absolute atomic E-state index is 10.4. The molecule has 0 radical (unpaired) electrons. The van der Waals surface area contributed by atoms with Crippen LogP contribution in [-0.2, 0) is 0 Å². The van der Waals surface area contributed by atoms with Gasteiger partial charge in [-0.2, -0.15) is 0 Å². The van der Waals surface area contributed by atoms with E-state index in [-0.39, 0.29) is 16.9 Å².